The molecule has 0 bridgehead atoms. The van der Waals surface area contributed by atoms with Crippen LogP contribution >= 0.6 is 0 Å². The Bertz CT molecular complexity index is 757. The van der Waals surface area contributed by atoms with E-state index in [0.29, 0.717) is 11.1 Å². The zero-order chi connectivity index (χ0) is 19.2. The van der Waals surface area contributed by atoms with Gasteiger partial charge in [0.15, 0.2) is 0 Å². The quantitative estimate of drug-likeness (QED) is 0.856. The van der Waals surface area contributed by atoms with Gasteiger partial charge in [-0.3, -0.25) is 4.79 Å². The summed E-state index contributed by atoms with van der Waals surface area (Å²) in [6.45, 7) is 5.23. The molecule has 0 fully saturated rings. The Hall–Kier alpha value is -2.89. The maximum absolute atomic E-state index is 13.7. The minimum Gasteiger partial charge on any atom is -0.444 e. The van der Waals surface area contributed by atoms with Gasteiger partial charge in [0.1, 0.15) is 17.5 Å². The molecule has 138 valence electrons. The predicted molar refractivity (Wildman–Crippen MR) is 96.8 cm³/mol. The standard InChI is InChI=1S/C20H23FN2O3/c1-20(2,3)26-19(25)23-17(14-9-5-4-6-10-14)18(24)22-13-15-11-7-8-12-16(15)21/h4-12,17H,13H2,1-3H3,(H,22,24)(H,23,25). The molecule has 0 spiro atoms. The van der Waals surface area contributed by atoms with E-state index >= 15 is 0 Å². The molecule has 5 nitrogen and oxygen atoms in total. The minimum atomic E-state index is -0.946. The summed E-state index contributed by atoms with van der Waals surface area (Å²) in [6, 6.07) is 14.0. The first-order valence-electron chi connectivity index (χ1n) is 8.32. The summed E-state index contributed by atoms with van der Waals surface area (Å²) in [4.78, 5) is 24.7. The number of alkyl carbamates (subject to hydrolysis) is 1. The lowest BCUT2D eigenvalue weighted by Gasteiger charge is -2.23. The number of benzene rings is 2. The molecule has 0 saturated heterocycles. The van der Waals surface area contributed by atoms with Gasteiger partial charge in [0.05, 0.1) is 0 Å². The average molecular weight is 358 g/mol. The number of ether oxygens (including phenoxy) is 1. The number of nitrogens with one attached hydrogen (secondary N) is 2. The summed E-state index contributed by atoms with van der Waals surface area (Å²) < 4.78 is 19.0. The molecule has 0 aromatic heterocycles. The normalized spacial score (nSPS) is 12.2. The lowest BCUT2D eigenvalue weighted by molar-refractivity contribution is -0.123. The van der Waals surface area contributed by atoms with Gasteiger partial charge in [0.2, 0.25) is 5.91 Å². The van der Waals surface area contributed by atoms with Crippen molar-refractivity contribution in [2.75, 3.05) is 0 Å². The smallest absolute Gasteiger partial charge is 0.408 e. The number of halogens is 1. The third kappa shape index (κ3) is 5.88. The fourth-order valence-electron chi connectivity index (χ4n) is 2.30. The third-order valence-electron chi connectivity index (χ3n) is 3.47. The number of rotatable bonds is 5. The Morgan fingerprint density at radius 1 is 1.04 bits per heavy atom. The molecule has 0 aliphatic rings. The summed E-state index contributed by atoms with van der Waals surface area (Å²) in [6.07, 6.45) is -0.701. The molecule has 0 aliphatic carbocycles. The van der Waals surface area contributed by atoms with Crippen LogP contribution in [0.15, 0.2) is 54.6 Å². The molecule has 2 aromatic rings. The highest BCUT2D eigenvalue weighted by Crippen LogP contribution is 2.15. The van der Waals surface area contributed by atoms with Crippen molar-refractivity contribution < 1.29 is 18.7 Å². The fraction of sp³-hybridized carbons (Fsp3) is 0.300. The number of carbonyl (C=O) groups is 2. The zero-order valence-electron chi connectivity index (χ0n) is 15.1. The highest BCUT2D eigenvalue weighted by atomic mass is 19.1. The van der Waals surface area contributed by atoms with Crippen molar-refractivity contribution >= 4 is 12.0 Å². The number of hydrogen-bond donors (Lipinski definition) is 2. The molecule has 0 radical (unpaired) electrons. The summed E-state index contributed by atoms with van der Waals surface area (Å²) >= 11 is 0. The van der Waals surface area contributed by atoms with Crippen molar-refractivity contribution in [3.63, 3.8) is 0 Å². The Kier molecular flexibility index (Phi) is 6.33. The van der Waals surface area contributed by atoms with E-state index in [1.807, 2.05) is 6.07 Å². The Labute approximate surface area is 152 Å². The monoisotopic (exact) mass is 358 g/mol. The van der Waals surface area contributed by atoms with Crippen molar-refractivity contribution in [1.82, 2.24) is 10.6 Å². The molecule has 2 rings (SSSR count). The third-order valence-corrected chi connectivity index (χ3v) is 3.47. The molecule has 2 aromatic carbocycles. The van der Waals surface area contributed by atoms with E-state index in [1.54, 1.807) is 63.2 Å². The van der Waals surface area contributed by atoms with Crippen LogP contribution in [0.2, 0.25) is 0 Å². The number of hydrogen-bond acceptors (Lipinski definition) is 3. The molecule has 0 aliphatic heterocycles. The molecule has 26 heavy (non-hydrogen) atoms. The fourth-order valence-corrected chi connectivity index (χ4v) is 2.30. The van der Waals surface area contributed by atoms with Crippen LogP contribution in [0.5, 0.6) is 0 Å². The molecule has 0 heterocycles. The first kappa shape index (κ1) is 19.4. The van der Waals surface area contributed by atoms with E-state index < -0.39 is 29.5 Å². The van der Waals surface area contributed by atoms with Crippen molar-refractivity contribution in [2.45, 2.75) is 39.0 Å². The zero-order valence-corrected chi connectivity index (χ0v) is 15.1. The first-order valence-corrected chi connectivity index (χ1v) is 8.32. The summed E-state index contributed by atoms with van der Waals surface area (Å²) in [5.41, 5.74) is 0.281. The van der Waals surface area contributed by atoms with Crippen LogP contribution in [0.3, 0.4) is 0 Å². The predicted octanol–water partition coefficient (Wildman–Crippen LogP) is 3.71. The van der Waals surface area contributed by atoms with Crippen molar-refractivity contribution in [1.29, 1.82) is 0 Å². The van der Waals surface area contributed by atoms with Gasteiger partial charge in [-0.05, 0) is 32.4 Å². The number of carbonyl (C=O) groups excluding carboxylic acids is 2. The molecular formula is C20H23FN2O3. The number of amides is 2. The van der Waals surface area contributed by atoms with Crippen molar-refractivity contribution in [3.8, 4) is 0 Å². The van der Waals surface area contributed by atoms with Crippen LogP contribution in [-0.2, 0) is 16.1 Å². The highest BCUT2D eigenvalue weighted by Gasteiger charge is 2.25. The topological polar surface area (TPSA) is 67.4 Å². The van der Waals surface area contributed by atoms with E-state index in [9.17, 15) is 14.0 Å². The summed E-state index contributed by atoms with van der Waals surface area (Å²) in [5.74, 6) is -0.852. The molecule has 1 atom stereocenters. The van der Waals surface area contributed by atoms with E-state index in [0.717, 1.165) is 0 Å². The van der Waals surface area contributed by atoms with Crippen LogP contribution in [0, 0.1) is 5.82 Å². The second kappa shape index (κ2) is 8.47. The molecule has 0 saturated carbocycles. The van der Waals surface area contributed by atoms with Gasteiger partial charge >= 0.3 is 6.09 Å². The lowest BCUT2D eigenvalue weighted by Crippen LogP contribution is -2.42. The SMILES string of the molecule is CC(C)(C)OC(=O)NC(C(=O)NCc1ccccc1F)c1ccccc1. The van der Waals surface area contributed by atoms with Gasteiger partial charge in [-0.15, -0.1) is 0 Å². The second-order valence-corrected chi connectivity index (χ2v) is 6.80. The highest BCUT2D eigenvalue weighted by molar-refractivity contribution is 5.86. The van der Waals surface area contributed by atoms with E-state index in [1.165, 1.54) is 6.07 Å². The van der Waals surface area contributed by atoms with Gasteiger partial charge in [-0.25, -0.2) is 9.18 Å². The van der Waals surface area contributed by atoms with Crippen molar-refractivity contribution in [2.24, 2.45) is 0 Å². The van der Waals surface area contributed by atoms with Gasteiger partial charge in [0.25, 0.3) is 0 Å². The lowest BCUT2D eigenvalue weighted by atomic mass is 10.1. The molecule has 1 unspecified atom stereocenters. The van der Waals surface area contributed by atoms with Gasteiger partial charge in [-0.1, -0.05) is 48.5 Å². The first-order chi connectivity index (χ1) is 12.3. The molecule has 2 amide bonds. The van der Waals surface area contributed by atoms with Crippen molar-refractivity contribution in [3.05, 3.63) is 71.5 Å². The van der Waals surface area contributed by atoms with Crippen LogP contribution in [0.25, 0.3) is 0 Å². The van der Waals surface area contributed by atoms with E-state index in [-0.39, 0.29) is 6.54 Å². The maximum Gasteiger partial charge on any atom is 0.408 e. The Morgan fingerprint density at radius 3 is 2.27 bits per heavy atom. The van der Waals surface area contributed by atoms with Crippen LogP contribution in [-0.4, -0.2) is 17.6 Å². The largest absolute Gasteiger partial charge is 0.444 e. The van der Waals surface area contributed by atoms with Crippen LogP contribution in [0.4, 0.5) is 9.18 Å². The molecule has 2 N–H and O–H groups in total. The maximum atomic E-state index is 13.7. The van der Waals surface area contributed by atoms with Gasteiger partial charge < -0.3 is 15.4 Å². The minimum absolute atomic E-state index is 0.0187. The molecular weight excluding hydrogens is 335 g/mol. The van der Waals surface area contributed by atoms with Gasteiger partial charge in [-0.2, -0.15) is 0 Å². The Balaban J connectivity index is 2.11. The summed E-state index contributed by atoms with van der Waals surface area (Å²) in [7, 11) is 0. The average Bonchev–Trinajstić information content (AvgIpc) is 2.58. The van der Waals surface area contributed by atoms with Gasteiger partial charge in [0, 0.05) is 12.1 Å². The van der Waals surface area contributed by atoms with Crippen LogP contribution < -0.4 is 10.6 Å². The van der Waals surface area contributed by atoms with E-state index in [2.05, 4.69) is 10.6 Å². The van der Waals surface area contributed by atoms with Crippen LogP contribution in [0.1, 0.15) is 37.9 Å². The Morgan fingerprint density at radius 2 is 1.65 bits per heavy atom. The summed E-state index contributed by atoms with van der Waals surface area (Å²) in [5, 5.41) is 5.23. The second-order valence-electron chi connectivity index (χ2n) is 6.80. The van der Waals surface area contributed by atoms with E-state index in [4.69, 9.17) is 4.74 Å². The molecule has 6 heteroatoms.